The third-order valence-corrected chi connectivity index (χ3v) is 2.96. The maximum Gasteiger partial charge on any atom is 0.234 e. The summed E-state index contributed by atoms with van der Waals surface area (Å²) in [5.41, 5.74) is 1.14. The monoisotopic (exact) mass is 300 g/mol. The molecule has 4 nitrogen and oxygen atoms in total. The first-order valence-corrected chi connectivity index (χ1v) is 6.23. The minimum atomic E-state index is -0.0193. The second-order valence-electron chi connectivity index (χ2n) is 3.54. The molecule has 1 rings (SSSR count). The molecule has 0 aliphatic heterocycles. The van der Waals surface area contributed by atoms with Gasteiger partial charge in [0, 0.05) is 24.7 Å². The predicted molar refractivity (Wildman–Crippen MR) is 70.7 cm³/mol. The number of halogens is 1. The molecule has 17 heavy (non-hydrogen) atoms. The molecule has 1 aromatic rings. The number of hydrogen-bond acceptors (Lipinski definition) is 3. The molecule has 0 radical (unpaired) electrons. The van der Waals surface area contributed by atoms with E-state index in [2.05, 4.69) is 26.6 Å². The molecule has 0 aliphatic rings. The fourth-order valence-electron chi connectivity index (χ4n) is 1.31. The van der Waals surface area contributed by atoms with Gasteiger partial charge in [0.2, 0.25) is 5.91 Å². The molecule has 0 heterocycles. The first-order chi connectivity index (χ1) is 8.24. The molecule has 0 saturated heterocycles. The molecule has 0 unspecified atom stereocenters. The van der Waals surface area contributed by atoms with Crippen molar-refractivity contribution in [1.29, 1.82) is 0 Å². The van der Waals surface area contributed by atoms with E-state index in [4.69, 9.17) is 4.74 Å². The van der Waals surface area contributed by atoms with Crippen LogP contribution in [0.3, 0.4) is 0 Å². The van der Waals surface area contributed by atoms with Crippen molar-refractivity contribution in [2.45, 2.75) is 6.54 Å². The number of carbonyl (C=O) groups is 1. The molecule has 0 fully saturated rings. The van der Waals surface area contributed by atoms with E-state index in [9.17, 15) is 4.79 Å². The molecule has 0 saturated carbocycles. The second-order valence-corrected chi connectivity index (χ2v) is 4.39. The van der Waals surface area contributed by atoms with Crippen LogP contribution in [0.1, 0.15) is 5.56 Å². The zero-order chi connectivity index (χ0) is 12.5. The van der Waals surface area contributed by atoms with E-state index in [-0.39, 0.29) is 5.91 Å². The number of ether oxygens (including phenoxy) is 1. The molecular weight excluding hydrogens is 284 g/mol. The standard InChI is InChI=1S/C12H17BrN2O2/c1-17-7-6-15-12(16)9-14-8-10-4-2-3-5-11(10)13/h2-5,14H,6-9H2,1H3,(H,15,16). The summed E-state index contributed by atoms with van der Waals surface area (Å²) >= 11 is 3.46. The van der Waals surface area contributed by atoms with Crippen molar-refractivity contribution in [3.05, 3.63) is 34.3 Å². The summed E-state index contributed by atoms with van der Waals surface area (Å²) in [6.07, 6.45) is 0. The predicted octanol–water partition coefficient (Wildman–Crippen LogP) is 1.30. The first kappa shape index (κ1) is 14.2. The van der Waals surface area contributed by atoms with E-state index >= 15 is 0 Å². The van der Waals surface area contributed by atoms with Gasteiger partial charge in [0.25, 0.3) is 0 Å². The van der Waals surface area contributed by atoms with Crippen LogP contribution in [0.5, 0.6) is 0 Å². The van der Waals surface area contributed by atoms with Gasteiger partial charge in [0.1, 0.15) is 0 Å². The van der Waals surface area contributed by atoms with Crippen molar-refractivity contribution in [2.75, 3.05) is 26.8 Å². The second kappa shape index (κ2) is 8.22. The summed E-state index contributed by atoms with van der Waals surface area (Å²) in [5.74, 6) is -0.0193. The Bertz CT molecular complexity index is 358. The minimum absolute atomic E-state index is 0.0193. The third kappa shape index (κ3) is 5.81. The summed E-state index contributed by atoms with van der Waals surface area (Å²) in [4.78, 5) is 11.4. The molecular formula is C12H17BrN2O2. The fourth-order valence-corrected chi connectivity index (χ4v) is 1.73. The third-order valence-electron chi connectivity index (χ3n) is 2.19. The number of rotatable bonds is 7. The van der Waals surface area contributed by atoms with Crippen LogP contribution in [-0.4, -0.2) is 32.7 Å². The molecule has 0 atom stereocenters. The Morgan fingerprint density at radius 3 is 2.88 bits per heavy atom. The van der Waals surface area contributed by atoms with Gasteiger partial charge in [0.15, 0.2) is 0 Å². The van der Waals surface area contributed by atoms with E-state index in [1.807, 2.05) is 24.3 Å². The number of methoxy groups -OCH3 is 1. The van der Waals surface area contributed by atoms with Crippen LogP contribution in [0.25, 0.3) is 0 Å². The molecule has 1 amide bonds. The Morgan fingerprint density at radius 2 is 2.18 bits per heavy atom. The van der Waals surface area contributed by atoms with Crippen LogP contribution >= 0.6 is 15.9 Å². The van der Waals surface area contributed by atoms with Crippen molar-refractivity contribution in [1.82, 2.24) is 10.6 Å². The van der Waals surface area contributed by atoms with E-state index < -0.39 is 0 Å². The van der Waals surface area contributed by atoms with Gasteiger partial charge in [0.05, 0.1) is 13.2 Å². The highest BCUT2D eigenvalue weighted by Gasteiger charge is 2.01. The molecule has 0 aromatic heterocycles. The lowest BCUT2D eigenvalue weighted by Crippen LogP contribution is -2.35. The Kier molecular flexibility index (Phi) is 6.84. The van der Waals surface area contributed by atoms with Gasteiger partial charge in [-0.05, 0) is 11.6 Å². The molecule has 1 aromatic carbocycles. The topological polar surface area (TPSA) is 50.4 Å². The lowest BCUT2D eigenvalue weighted by Gasteiger charge is -2.07. The average Bonchev–Trinajstić information content (AvgIpc) is 2.32. The van der Waals surface area contributed by atoms with Crippen LogP contribution in [0, 0.1) is 0 Å². The summed E-state index contributed by atoms with van der Waals surface area (Å²) in [6, 6.07) is 7.93. The van der Waals surface area contributed by atoms with Gasteiger partial charge in [-0.25, -0.2) is 0 Å². The van der Waals surface area contributed by atoms with Gasteiger partial charge < -0.3 is 15.4 Å². The zero-order valence-electron chi connectivity index (χ0n) is 9.83. The van der Waals surface area contributed by atoms with E-state index in [0.717, 1.165) is 10.0 Å². The van der Waals surface area contributed by atoms with E-state index in [0.29, 0.717) is 26.2 Å². The van der Waals surface area contributed by atoms with Gasteiger partial charge in [-0.15, -0.1) is 0 Å². The quantitative estimate of drug-likeness (QED) is 0.747. The highest BCUT2D eigenvalue weighted by molar-refractivity contribution is 9.10. The smallest absolute Gasteiger partial charge is 0.234 e. The van der Waals surface area contributed by atoms with Crippen LogP contribution in [0.2, 0.25) is 0 Å². The van der Waals surface area contributed by atoms with E-state index in [1.165, 1.54) is 0 Å². The Morgan fingerprint density at radius 1 is 1.41 bits per heavy atom. The summed E-state index contributed by atoms with van der Waals surface area (Å²) < 4.78 is 5.89. The van der Waals surface area contributed by atoms with Gasteiger partial charge in [-0.3, -0.25) is 4.79 Å². The van der Waals surface area contributed by atoms with Crippen LogP contribution in [-0.2, 0) is 16.1 Å². The van der Waals surface area contributed by atoms with Gasteiger partial charge >= 0.3 is 0 Å². The van der Waals surface area contributed by atoms with Crippen molar-refractivity contribution >= 4 is 21.8 Å². The van der Waals surface area contributed by atoms with Gasteiger partial charge in [-0.2, -0.15) is 0 Å². The van der Waals surface area contributed by atoms with Crippen LogP contribution in [0.15, 0.2) is 28.7 Å². The summed E-state index contributed by atoms with van der Waals surface area (Å²) in [5, 5.41) is 5.83. The minimum Gasteiger partial charge on any atom is -0.383 e. The van der Waals surface area contributed by atoms with E-state index in [1.54, 1.807) is 7.11 Å². The summed E-state index contributed by atoms with van der Waals surface area (Å²) in [6.45, 7) is 2.06. The molecule has 5 heteroatoms. The normalized spacial score (nSPS) is 10.2. The van der Waals surface area contributed by atoms with Crippen molar-refractivity contribution in [3.8, 4) is 0 Å². The number of amides is 1. The highest BCUT2D eigenvalue weighted by atomic mass is 79.9. The van der Waals surface area contributed by atoms with Crippen LogP contribution < -0.4 is 10.6 Å². The van der Waals surface area contributed by atoms with Crippen molar-refractivity contribution < 1.29 is 9.53 Å². The van der Waals surface area contributed by atoms with Crippen molar-refractivity contribution in [3.63, 3.8) is 0 Å². The van der Waals surface area contributed by atoms with Crippen molar-refractivity contribution in [2.24, 2.45) is 0 Å². The number of benzene rings is 1. The maximum absolute atomic E-state index is 11.4. The summed E-state index contributed by atoms with van der Waals surface area (Å²) in [7, 11) is 1.61. The Hall–Kier alpha value is -0.910. The Balaban J connectivity index is 2.19. The fraction of sp³-hybridized carbons (Fsp3) is 0.417. The molecule has 94 valence electrons. The van der Waals surface area contributed by atoms with Crippen LogP contribution in [0.4, 0.5) is 0 Å². The highest BCUT2D eigenvalue weighted by Crippen LogP contribution is 2.14. The largest absolute Gasteiger partial charge is 0.383 e. The lowest BCUT2D eigenvalue weighted by molar-refractivity contribution is -0.120. The SMILES string of the molecule is COCCNC(=O)CNCc1ccccc1Br. The number of carbonyl (C=O) groups excluding carboxylic acids is 1. The molecule has 0 bridgehead atoms. The number of hydrogen-bond donors (Lipinski definition) is 2. The molecule has 0 aliphatic carbocycles. The Labute approximate surface area is 110 Å². The maximum atomic E-state index is 11.4. The zero-order valence-corrected chi connectivity index (χ0v) is 11.4. The van der Waals surface area contributed by atoms with Gasteiger partial charge in [-0.1, -0.05) is 34.1 Å². The lowest BCUT2D eigenvalue weighted by atomic mass is 10.2. The number of nitrogens with one attached hydrogen (secondary N) is 2. The molecule has 2 N–H and O–H groups in total. The average molecular weight is 301 g/mol. The first-order valence-electron chi connectivity index (χ1n) is 5.44. The molecule has 0 spiro atoms.